The lowest BCUT2D eigenvalue weighted by atomic mass is 10.1. The van der Waals surface area contributed by atoms with Gasteiger partial charge in [-0.25, -0.2) is 17.8 Å². The normalized spacial score (nSPS) is 11.4. The molecule has 0 fully saturated rings. The molecule has 2 rings (SSSR count). The van der Waals surface area contributed by atoms with Crippen molar-refractivity contribution in [1.29, 1.82) is 0 Å². The third-order valence-electron chi connectivity index (χ3n) is 4.22. The highest BCUT2D eigenvalue weighted by Gasteiger charge is 2.11. The van der Waals surface area contributed by atoms with E-state index in [-0.39, 0.29) is 29.5 Å². The number of guanidine groups is 1. The Balaban J connectivity index is 0.00000480. The van der Waals surface area contributed by atoms with Crippen molar-refractivity contribution < 1.29 is 17.6 Å². The number of hydrogen-bond donors (Lipinski definition) is 3. The number of nitrogens with zero attached hydrogens (tertiary/aromatic N) is 1. The molecule has 31 heavy (non-hydrogen) atoms. The van der Waals surface area contributed by atoms with Gasteiger partial charge in [0.25, 0.3) is 5.91 Å². The fraction of sp³-hybridized carbons (Fsp3) is 0.333. The smallest absolute Gasteiger partial charge is 0.254 e. The molecule has 0 aromatic heterocycles. The minimum absolute atomic E-state index is 0. The van der Waals surface area contributed by atoms with Crippen molar-refractivity contribution in [2.45, 2.75) is 25.3 Å². The van der Waals surface area contributed by atoms with Gasteiger partial charge >= 0.3 is 0 Å². The molecule has 170 valence electrons. The number of hydrogen-bond acceptors (Lipinski definition) is 4. The first-order valence-electron chi connectivity index (χ1n) is 9.57. The van der Waals surface area contributed by atoms with Gasteiger partial charge in [0, 0.05) is 25.9 Å². The van der Waals surface area contributed by atoms with Gasteiger partial charge in [0.05, 0.1) is 17.0 Å². The highest BCUT2D eigenvalue weighted by atomic mass is 127. The summed E-state index contributed by atoms with van der Waals surface area (Å²) in [6, 6.07) is 10.9. The van der Waals surface area contributed by atoms with E-state index in [9.17, 15) is 17.6 Å². The molecule has 0 aliphatic carbocycles. The second-order valence-electron chi connectivity index (χ2n) is 6.73. The first-order valence-corrected chi connectivity index (χ1v) is 11.5. The van der Waals surface area contributed by atoms with Crippen LogP contribution in [-0.4, -0.2) is 46.2 Å². The van der Waals surface area contributed by atoms with Crippen LogP contribution >= 0.6 is 24.0 Å². The lowest BCUT2D eigenvalue weighted by molar-refractivity contribution is 0.0950. The summed E-state index contributed by atoms with van der Waals surface area (Å²) < 4.78 is 37.1. The summed E-state index contributed by atoms with van der Waals surface area (Å²) in [5.74, 6) is -0.476. The van der Waals surface area contributed by atoms with E-state index in [1.54, 1.807) is 31.2 Å². The molecular formula is C21H28FIN4O3S. The average Bonchev–Trinajstić information content (AvgIpc) is 2.68. The number of aliphatic imine (C=N–C) groups is 1. The molecule has 0 saturated carbocycles. The predicted molar refractivity (Wildman–Crippen MR) is 131 cm³/mol. The number of rotatable bonds is 8. The largest absolute Gasteiger partial charge is 0.357 e. The van der Waals surface area contributed by atoms with Crippen molar-refractivity contribution in [1.82, 2.24) is 16.0 Å². The lowest BCUT2D eigenvalue weighted by Gasteiger charge is -2.12. The molecule has 1 amide bonds. The third-order valence-corrected chi connectivity index (χ3v) is 5.48. The molecule has 0 saturated heterocycles. The molecule has 0 heterocycles. The molecule has 10 heteroatoms. The quantitative estimate of drug-likeness (QED) is 0.199. The van der Waals surface area contributed by atoms with Crippen LogP contribution in [0.3, 0.4) is 0 Å². The molecule has 0 atom stereocenters. The number of benzene rings is 2. The van der Waals surface area contributed by atoms with E-state index in [4.69, 9.17) is 0 Å². The Labute approximate surface area is 199 Å². The average molecular weight is 562 g/mol. The molecule has 7 nitrogen and oxygen atoms in total. The summed E-state index contributed by atoms with van der Waals surface area (Å²) in [6.07, 6.45) is 1.19. The Morgan fingerprint density at radius 1 is 1.06 bits per heavy atom. The zero-order chi connectivity index (χ0) is 22.1. The molecule has 0 aliphatic heterocycles. The van der Waals surface area contributed by atoms with Crippen molar-refractivity contribution in [3.8, 4) is 0 Å². The molecule has 0 bridgehead atoms. The van der Waals surface area contributed by atoms with Gasteiger partial charge in [0.15, 0.2) is 15.8 Å². The van der Waals surface area contributed by atoms with Crippen molar-refractivity contribution in [3.05, 3.63) is 65.0 Å². The maximum absolute atomic E-state index is 13.6. The summed E-state index contributed by atoms with van der Waals surface area (Å²) in [5.41, 5.74) is 1.56. The van der Waals surface area contributed by atoms with Gasteiger partial charge in [-0.3, -0.25) is 4.79 Å². The van der Waals surface area contributed by atoms with E-state index in [1.807, 2.05) is 6.92 Å². The summed E-state index contributed by atoms with van der Waals surface area (Å²) in [7, 11) is -3.25. The first-order chi connectivity index (χ1) is 14.2. The molecule has 0 aliphatic rings. The van der Waals surface area contributed by atoms with E-state index in [0.717, 1.165) is 5.56 Å². The highest BCUT2D eigenvalue weighted by Crippen LogP contribution is 2.17. The second-order valence-corrected chi connectivity index (χ2v) is 8.71. The zero-order valence-electron chi connectivity index (χ0n) is 17.7. The SMILES string of the molecule is CCNC(=NCc1ccc(S(C)(=O)=O)c(C)c1)NCCNC(=O)c1ccccc1F.I. The number of carbonyl (C=O) groups excluding carboxylic acids is 1. The first kappa shape index (κ1) is 26.8. The van der Waals surface area contributed by atoms with E-state index < -0.39 is 21.6 Å². The lowest BCUT2D eigenvalue weighted by Crippen LogP contribution is -2.41. The number of nitrogens with one attached hydrogen (secondary N) is 3. The summed E-state index contributed by atoms with van der Waals surface area (Å²) in [5, 5.41) is 8.86. The van der Waals surface area contributed by atoms with Crippen LogP contribution in [0, 0.1) is 12.7 Å². The van der Waals surface area contributed by atoms with E-state index in [2.05, 4.69) is 20.9 Å². The number of carbonyl (C=O) groups is 1. The van der Waals surface area contributed by atoms with Crippen LogP contribution in [0.1, 0.15) is 28.4 Å². The van der Waals surface area contributed by atoms with Crippen molar-refractivity contribution >= 4 is 45.7 Å². The Hall–Kier alpha value is -2.21. The van der Waals surface area contributed by atoms with Crippen LogP contribution in [0.5, 0.6) is 0 Å². The second kappa shape index (κ2) is 12.6. The summed E-state index contributed by atoms with van der Waals surface area (Å²) >= 11 is 0. The Kier molecular flexibility index (Phi) is 10.9. The molecule has 0 radical (unpaired) electrons. The molecule has 2 aromatic rings. The van der Waals surface area contributed by atoms with Crippen molar-refractivity contribution in [2.24, 2.45) is 4.99 Å². The van der Waals surface area contributed by atoms with Crippen molar-refractivity contribution in [3.63, 3.8) is 0 Å². The molecule has 0 spiro atoms. The summed E-state index contributed by atoms with van der Waals surface area (Å²) in [4.78, 5) is 16.8. The van der Waals surface area contributed by atoms with Crippen LogP contribution in [-0.2, 0) is 16.4 Å². The van der Waals surface area contributed by atoms with E-state index >= 15 is 0 Å². The fourth-order valence-electron chi connectivity index (χ4n) is 2.84. The predicted octanol–water partition coefficient (Wildman–Crippen LogP) is 2.64. The minimum Gasteiger partial charge on any atom is -0.357 e. The Morgan fingerprint density at radius 2 is 1.74 bits per heavy atom. The topological polar surface area (TPSA) is 99.7 Å². The Bertz CT molecular complexity index is 1030. The molecular weight excluding hydrogens is 534 g/mol. The highest BCUT2D eigenvalue weighted by molar-refractivity contribution is 14.0. The van der Waals surface area contributed by atoms with Gasteiger partial charge < -0.3 is 16.0 Å². The van der Waals surface area contributed by atoms with E-state index in [0.29, 0.717) is 42.6 Å². The summed E-state index contributed by atoms with van der Waals surface area (Å²) in [6.45, 7) is 5.40. The van der Waals surface area contributed by atoms with Gasteiger partial charge in [-0.15, -0.1) is 24.0 Å². The van der Waals surface area contributed by atoms with Crippen LogP contribution in [0.25, 0.3) is 0 Å². The van der Waals surface area contributed by atoms with Gasteiger partial charge in [0.1, 0.15) is 5.82 Å². The minimum atomic E-state index is -3.25. The Morgan fingerprint density at radius 3 is 2.35 bits per heavy atom. The number of aryl methyl sites for hydroxylation is 1. The van der Waals surface area contributed by atoms with E-state index in [1.165, 1.54) is 24.5 Å². The molecule has 0 unspecified atom stereocenters. The van der Waals surface area contributed by atoms with Gasteiger partial charge in [0.2, 0.25) is 0 Å². The number of halogens is 2. The monoisotopic (exact) mass is 562 g/mol. The van der Waals surface area contributed by atoms with Gasteiger partial charge in [-0.2, -0.15) is 0 Å². The number of sulfone groups is 1. The maximum atomic E-state index is 13.6. The third kappa shape index (κ3) is 8.44. The maximum Gasteiger partial charge on any atom is 0.254 e. The van der Waals surface area contributed by atoms with Crippen LogP contribution in [0.4, 0.5) is 4.39 Å². The van der Waals surface area contributed by atoms with Crippen LogP contribution in [0.2, 0.25) is 0 Å². The van der Waals surface area contributed by atoms with Crippen LogP contribution < -0.4 is 16.0 Å². The molecule has 3 N–H and O–H groups in total. The van der Waals surface area contributed by atoms with Gasteiger partial charge in [-0.1, -0.05) is 24.3 Å². The van der Waals surface area contributed by atoms with Gasteiger partial charge in [-0.05, 0) is 43.2 Å². The standard InChI is InChI=1S/C21H27FN4O3S.HI/c1-4-23-21(25-12-11-24-20(27)17-7-5-6-8-18(17)22)26-14-16-9-10-19(15(2)13-16)30(3,28)29;/h5-10,13H,4,11-12,14H2,1-3H3,(H,24,27)(H2,23,25,26);1H. The fourth-order valence-corrected chi connectivity index (χ4v) is 3.79. The van der Waals surface area contributed by atoms with Crippen LogP contribution in [0.15, 0.2) is 52.4 Å². The zero-order valence-corrected chi connectivity index (χ0v) is 20.9. The number of amides is 1. The van der Waals surface area contributed by atoms with Crippen molar-refractivity contribution in [2.75, 3.05) is 25.9 Å². The molecule has 2 aromatic carbocycles.